The van der Waals surface area contributed by atoms with Crippen molar-refractivity contribution < 1.29 is 22.7 Å². The summed E-state index contributed by atoms with van der Waals surface area (Å²) in [6.45, 7) is 1.22. The molecule has 0 aliphatic carbocycles. The number of rotatable bonds is 8. The van der Waals surface area contributed by atoms with Crippen LogP contribution >= 0.6 is 22.9 Å². The molecule has 1 heterocycles. The fourth-order valence-corrected chi connectivity index (χ4v) is 4.15. The molecule has 0 saturated heterocycles. The van der Waals surface area contributed by atoms with Crippen molar-refractivity contribution in [3.8, 4) is 0 Å². The Bertz CT molecular complexity index is 882. The molecule has 10 heteroatoms. The van der Waals surface area contributed by atoms with E-state index in [0.29, 0.717) is 10.7 Å². The third-order valence-corrected chi connectivity index (χ3v) is 6.31. The van der Waals surface area contributed by atoms with E-state index < -0.39 is 28.5 Å². The summed E-state index contributed by atoms with van der Waals surface area (Å²) in [5, 5.41) is 4.71. The third kappa shape index (κ3) is 6.10. The second-order valence-corrected chi connectivity index (χ2v) is 8.63. The Balaban J connectivity index is 1.73. The number of thiophene rings is 1. The summed E-state index contributed by atoms with van der Waals surface area (Å²) >= 11 is 6.94. The van der Waals surface area contributed by atoms with Gasteiger partial charge in [-0.15, -0.1) is 11.3 Å². The normalized spacial score (nSPS) is 11.2. The van der Waals surface area contributed by atoms with Gasteiger partial charge >= 0.3 is 5.97 Å². The van der Waals surface area contributed by atoms with Crippen molar-refractivity contribution in [1.29, 1.82) is 0 Å². The monoisotopic (exact) mass is 416 g/mol. The maximum atomic E-state index is 11.9. The van der Waals surface area contributed by atoms with Crippen LogP contribution in [0.25, 0.3) is 0 Å². The number of esters is 1. The van der Waals surface area contributed by atoms with E-state index in [1.54, 1.807) is 36.6 Å². The molecule has 2 aromatic rings. The summed E-state index contributed by atoms with van der Waals surface area (Å²) in [4.78, 5) is 23.5. The van der Waals surface area contributed by atoms with Crippen molar-refractivity contribution in [3.05, 3.63) is 46.3 Å². The highest BCUT2D eigenvalue weighted by Crippen LogP contribution is 2.20. The highest BCUT2D eigenvalue weighted by molar-refractivity contribution is 7.91. The van der Waals surface area contributed by atoms with Crippen molar-refractivity contribution >= 4 is 50.5 Å². The third-order valence-electron chi connectivity index (χ3n) is 3.22. The highest BCUT2D eigenvalue weighted by Gasteiger charge is 2.16. The minimum Gasteiger partial charge on any atom is -0.456 e. The molecule has 0 aliphatic rings. The number of hydrogen-bond donors (Lipinski definition) is 2. The number of anilines is 1. The van der Waals surface area contributed by atoms with Gasteiger partial charge in [-0.1, -0.05) is 23.7 Å². The molecule has 7 nitrogen and oxygen atoms in total. The first-order valence-corrected chi connectivity index (χ1v) is 10.3. The zero-order valence-electron chi connectivity index (χ0n) is 13.8. The Morgan fingerprint density at radius 1 is 1.27 bits per heavy atom. The van der Waals surface area contributed by atoms with Crippen LogP contribution in [0, 0.1) is 6.92 Å². The minimum atomic E-state index is -3.62. The van der Waals surface area contributed by atoms with Gasteiger partial charge in [0.1, 0.15) is 4.21 Å². The molecule has 1 amide bonds. The Labute approximate surface area is 160 Å². The molecule has 26 heavy (non-hydrogen) atoms. The first kappa shape index (κ1) is 20.4. The zero-order valence-corrected chi connectivity index (χ0v) is 16.2. The molecule has 0 unspecified atom stereocenters. The van der Waals surface area contributed by atoms with E-state index in [1.165, 1.54) is 6.07 Å². The Kier molecular flexibility index (Phi) is 7.15. The van der Waals surface area contributed by atoms with Crippen molar-refractivity contribution in [2.24, 2.45) is 0 Å². The zero-order chi connectivity index (χ0) is 19.2. The molecule has 0 saturated carbocycles. The number of hydrogen-bond acceptors (Lipinski definition) is 6. The van der Waals surface area contributed by atoms with Crippen LogP contribution in [0.3, 0.4) is 0 Å². The van der Waals surface area contributed by atoms with Crippen LogP contribution in [0.15, 0.2) is 39.9 Å². The van der Waals surface area contributed by atoms with E-state index in [0.717, 1.165) is 16.9 Å². The Hall–Kier alpha value is -1.94. The van der Waals surface area contributed by atoms with Gasteiger partial charge in [0.2, 0.25) is 10.0 Å². The lowest BCUT2D eigenvalue weighted by Crippen LogP contribution is -2.27. The van der Waals surface area contributed by atoms with Crippen molar-refractivity contribution in [1.82, 2.24) is 4.72 Å². The first-order valence-electron chi connectivity index (χ1n) is 7.53. The predicted octanol–water partition coefficient (Wildman–Crippen LogP) is 2.56. The van der Waals surface area contributed by atoms with Crippen LogP contribution in [0.4, 0.5) is 5.69 Å². The summed E-state index contributed by atoms with van der Waals surface area (Å²) in [6.07, 6.45) is -0.186. The van der Waals surface area contributed by atoms with Crippen LogP contribution in [-0.2, 0) is 24.3 Å². The Morgan fingerprint density at radius 2 is 2.04 bits per heavy atom. The molecule has 0 aliphatic heterocycles. The molecule has 140 valence electrons. The Morgan fingerprint density at radius 3 is 2.73 bits per heavy atom. The van der Waals surface area contributed by atoms with Gasteiger partial charge in [0.15, 0.2) is 6.61 Å². The molecule has 0 spiro atoms. The fraction of sp³-hybridized carbons (Fsp3) is 0.250. The van der Waals surface area contributed by atoms with Gasteiger partial charge in [0.25, 0.3) is 5.91 Å². The standard InChI is InChI=1S/C16H17ClN2O5S2/c1-11-4-5-12(17)9-13(11)19-14(20)10-24-15(21)6-7-18-26(22,23)16-3-2-8-25-16/h2-5,8-9,18H,6-7,10H2,1H3,(H,19,20). The number of amides is 1. The van der Waals surface area contributed by atoms with E-state index in [9.17, 15) is 18.0 Å². The molecule has 0 atom stereocenters. The maximum Gasteiger partial charge on any atom is 0.307 e. The molecular weight excluding hydrogens is 400 g/mol. The van der Waals surface area contributed by atoms with Gasteiger partial charge in [0, 0.05) is 17.3 Å². The number of ether oxygens (including phenoxy) is 1. The SMILES string of the molecule is Cc1ccc(Cl)cc1NC(=O)COC(=O)CCNS(=O)(=O)c1cccs1. The first-order chi connectivity index (χ1) is 12.3. The predicted molar refractivity (Wildman–Crippen MR) is 99.9 cm³/mol. The number of benzene rings is 1. The average Bonchev–Trinajstić information content (AvgIpc) is 3.12. The van der Waals surface area contributed by atoms with Crippen LogP contribution < -0.4 is 10.0 Å². The van der Waals surface area contributed by atoms with E-state index in [1.807, 2.05) is 0 Å². The van der Waals surface area contributed by atoms with Gasteiger partial charge in [-0.3, -0.25) is 9.59 Å². The minimum absolute atomic E-state index is 0.117. The smallest absolute Gasteiger partial charge is 0.307 e. The topological polar surface area (TPSA) is 102 Å². The summed E-state index contributed by atoms with van der Waals surface area (Å²) in [6, 6.07) is 8.13. The maximum absolute atomic E-state index is 11.9. The van der Waals surface area contributed by atoms with E-state index >= 15 is 0 Å². The van der Waals surface area contributed by atoms with Gasteiger partial charge in [-0.2, -0.15) is 0 Å². The molecule has 1 aromatic carbocycles. The number of halogens is 1. The number of carbonyl (C=O) groups is 2. The number of sulfonamides is 1. The largest absolute Gasteiger partial charge is 0.456 e. The molecular formula is C16H17ClN2O5S2. The van der Waals surface area contributed by atoms with Crippen LogP contribution in [-0.4, -0.2) is 33.4 Å². The van der Waals surface area contributed by atoms with E-state index in [4.69, 9.17) is 16.3 Å². The second kappa shape index (κ2) is 9.13. The number of aryl methyl sites for hydroxylation is 1. The average molecular weight is 417 g/mol. The number of carbonyl (C=O) groups excluding carboxylic acids is 2. The molecule has 1 aromatic heterocycles. The number of nitrogens with one attached hydrogen (secondary N) is 2. The molecule has 2 N–H and O–H groups in total. The van der Waals surface area contributed by atoms with Gasteiger partial charge in [0.05, 0.1) is 6.42 Å². The second-order valence-electron chi connectivity index (χ2n) is 5.25. The fourth-order valence-electron chi connectivity index (χ4n) is 1.91. The quantitative estimate of drug-likeness (QED) is 0.644. The molecule has 0 radical (unpaired) electrons. The van der Waals surface area contributed by atoms with Crippen molar-refractivity contribution in [2.45, 2.75) is 17.6 Å². The van der Waals surface area contributed by atoms with Crippen molar-refractivity contribution in [3.63, 3.8) is 0 Å². The summed E-state index contributed by atoms with van der Waals surface area (Å²) in [7, 11) is -3.62. The van der Waals surface area contributed by atoms with Crippen LogP contribution in [0.5, 0.6) is 0 Å². The molecule has 2 rings (SSSR count). The van der Waals surface area contributed by atoms with E-state index in [-0.39, 0.29) is 17.2 Å². The lowest BCUT2D eigenvalue weighted by Gasteiger charge is -2.09. The molecule has 0 fully saturated rings. The van der Waals surface area contributed by atoms with Crippen molar-refractivity contribution in [2.75, 3.05) is 18.5 Å². The van der Waals surface area contributed by atoms with Crippen LogP contribution in [0.2, 0.25) is 5.02 Å². The van der Waals surface area contributed by atoms with Gasteiger partial charge in [-0.05, 0) is 36.1 Å². The molecule has 0 bridgehead atoms. The lowest BCUT2D eigenvalue weighted by molar-refractivity contribution is -0.147. The van der Waals surface area contributed by atoms with Gasteiger partial charge in [-0.25, -0.2) is 13.1 Å². The van der Waals surface area contributed by atoms with Crippen LogP contribution in [0.1, 0.15) is 12.0 Å². The summed E-state index contributed by atoms with van der Waals surface area (Å²) in [5.74, 6) is -1.19. The van der Waals surface area contributed by atoms with Gasteiger partial charge < -0.3 is 10.1 Å². The highest BCUT2D eigenvalue weighted by atomic mass is 35.5. The lowest BCUT2D eigenvalue weighted by atomic mass is 10.2. The summed E-state index contributed by atoms with van der Waals surface area (Å²) < 4.78 is 31.1. The van der Waals surface area contributed by atoms with E-state index in [2.05, 4.69) is 10.0 Å². The summed E-state index contributed by atoms with van der Waals surface area (Å²) in [5.41, 5.74) is 1.35.